The van der Waals surface area contributed by atoms with Gasteiger partial charge in [0.25, 0.3) is 5.56 Å². The molecule has 44 heavy (non-hydrogen) atoms. The highest BCUT2D eigenvalue weighted by Gasteiger charge is 2.52. The van der Waals surface area contributed by atoms with Gasteiger partial charge >= 0.3 is 14.5 Å². The van der Waals surface area contributed by atoms with E-state index >= 15 is 4.39 Å². The van der Waals surface area contributed by atoms with Crippen LogP contribution in [0.5, 0.6) is 0 Å². The van der Waals surface area contributed by atoms with E-state index in [0.717, 1.165) is 4.68 Å². The highest BCUT2D eigenvalue weighted by atomic mass is 32.5. The number of phosphoric ester groups is 1. The summed E-state index contributed by atoms with van der Waals surface area (Å²) in [5.41, 5.74) is 11.5. The molecule has 0 amide bonds. The van der Waals surface area contributed by atoms with Gasteiger partial charge in [0.2, 0.25) is 5.95 Å². The molecule has 7 N–H and O–H groups in total. The number of nitrogens with two attached hydrogens (primary N) is 2. The van der Waals surface area contributed by atoms with E-state index in [4.69, 9.17) is 50.8 Å². The number of nitrogens with zero attached hydrogens (tertiary/aromatic N) is 6. The first kappa shape index (κ1) is 29.8. The van der Waals surface area contributed by atoms with Crippen molar-refractivity contribution in [3.8, 4) is 0 Å². The lowest BCUT2D eigenvalue weighted by Gasteiger charge is -2.26. The monoisotopic (exact) mass is 675 g/mol. The van der Waals surface area contributed by atoms with E-state index in [1.807, 2.05) is 0 Å². The van der Waals surface area contributed by atoms with Crippen molar-refractivity contribution in [3.63, 3.8) is 0 Å². The molecule has 0 radical (unpaired) electrons. The third kappa shape index (κ3) is 5.33. The molecule has 236 valence electrons. The molecule has 23 heteroatoms. The number of aromatic amines is 1. The molecule has 3 fully saturated rings. The standard InChI is InChI=1S/C21H24FN9O10P2S/c22-13-15-12(39-20(13)30-4-2-9-10(23)1-3-25-16(9)30)7-37-43(35,44)40-11-5-8(6-36-42(33,34)41-15)38-19(11)31-17-14(28-29-31)18(32)27-21(24)26-17/h1-4,8,11-13,15,19-20H,5-7H2,(H2,23,25)(H,33,34)(H,35,44)(H3,24,26,27,32)/t8-,11+,12+,13-,15+,19+,20+,43?/m0/s1. The summed E-state index contributed by atoms with van der Waals surface area (Å²) in [5.74, 6) is -0.222. The molecule has 4 aromatic heterocycles. The maximum Gasteiger partial charge on any atom is 0.472 e. The lowest BCUT2D eigenvalue weighted by Crippen LogP contribution is -2.34. The van der Waals surface area contributed by atoms with Gasteiger partial charge in [-0.3, -0.25) is 18.8 Å². The van der Waals surface area contributed by atoms with Crippen LogP contribution in [0.1, 0.15) is 18.9 Å². The maximum absolute atomic E-state index is 15.9. The zero-order valence-corrected chi connectivity index (χ0v) is 24.8. The molecule has 9 atom stereocenters. The van der Waals surface area contributed by atoms with Crippen LogP contribution in [0.15, 0.2) is 29.3 Å². The van der Waals surface area contributed by atoms with E-state index < -0.39 is 76.4 Å². The number of alkyl halides is 1. The van der Waals surface area contributed by atoms with Crippen molar-refractivity contribution < 1.29 is 46.3 Å². The minimum Gasteiger partial charge on any atom is -0.398 e. The summed E-state index contributed by atoms with van der Waals surface area (Å²) in [4.78, 5) is 44.4. The Morgan fingerprint density at radius 1 is 1.09 bits per heavy atom. The Morgan fingerprint density at radius 3 is 2.73 bits per heavy atom. The number of ether oxygens (including phenoxy) is 2. The lowest BCUT2D eigenvalue weighted by molar-refractivity contribution is -0.0665. The number of pyridine rings is 1. The molecule has 0 aliphatic carbocycles. The molecule has 7 heterocycles. The third-order valence-corrected chi connectivity index (χ3v) is 9.85. The van der Waals surface area contributed by atoms with Crippen molar-refractivity contribution in [1.29, 1.82) is 0 Å². The largest absolute Gasteiger partial charge is 0.472 e. The summed E-state index contributed by atoms with van der Waals surface area (Å²) in [5, 5.41) is 8.26. The van der Waals surface area contributed by atoms with E-state index in [2.05, 4.69) is 25.3 Å². The molecule has 2 unspecified atom stereocenters. The van der Waals surface area contributed by atoms with E-state index in [-0.39, 0.29) is 23.5 Å². The number of nitrogens with one attached hydrogen (secondary N) is 1. The molecular weight excluding hydrogens is 651 g/mol. The van der Waals surface area contributed by atoms with Crippen LogP contribution in [-0.4, -0.2) is 88.1 Å². The van der Waals surface area contributed by atoms with Crippen LogP contribution in [-0.2, 0) is 43.9 Å². The number of hydrogen-bond donors (Lipinski definition) is 5. The Morgan fingerprint density at radius 2 is 1.91 bits per heavy atom. The minimum absolute atomic E-state index is 0.0546. The summed E-state index contributed by atoms with van der Waals surface area (Å²) in [6, 6.07) is 3.19. The molecule has 3 saturated heterocycles. The molecule has 4 aromatic rings. The highest BCUT2D eigenvalue weighted by Crippen LogP contribution is 2.54. The molecule has 0 spiro atoms. The molecule has 2 bridgehead atoms. The van der Waals surface area contributed by atoms with Crippen LogP contribution in [0.3, 0.4) is 0 Å². The van der Waals surface area contributed by atoms with Gasteiger partial charge in [0.1, 0.15) is 24.0 Å². The maximum atomic E-state index is 15.9. The fourth-order valence-corrected chi connectivity index (χ4v) is 7.77. The van der Waals surface area contributed by atoms with Gasteiger partial charge < -0.3 is 44.3 Å². The first-order chi connectivity index (χ1) is 20.9. The number of rotatable bonds is 2. The lowest BCUT2D eigenvalue weighted by atomic mass is 10.1. The average Bonchev–Trinajstić information content (AvgIpc) is 3.72. The normalized spacial score (nSPS) is 36.6. The van der Waals surface area contributed by atoms with E-state index in [1.165, 1.54) is 17.0 Å². The predicted octanol–water partition coefficient (Wildman–Crippen LogP) is 0.386. The van der Waals surface area contributed by atoms with Gasteiger partial charge in [0, 0.05) is 29.9 Å². The molecule has 3 aliphatic rings. The van der Waals surface area contributed by atoms with Crippen molar-refractivity contribution in [2.24, 2.45) is 0 Å². The van der Waals surface area contributed by atoms with Crippen LogP contribution < -0.4 is 17.0 Å². The third-order valence-electron chi connectivity index (χ3n) is 7.28. The van der Waals surface area contributed by atoms with Crippen molar-refractivity contribution in [3.05, 3.63) is 34.9 Å². The van der Waals surface area contributed by atoms with Gasteiger partial charge in [-0.25, -0.2) is 13.9 Å². The smallest absolute Gasteiger partial charge is 0.398 e. The molecule has 7 rings (SSSR count). The number of nitrogen functional groups attached to an aromatic ring is 2. The van der Waals surface area contributed by atoms with Crippen LogP contribution in [0.25, 0.3) is 22.2 Å². The Bertz CT molecular complexity index is 1910. The van der Waals surface area contributed by atoms with E-state index in [9.17, 15) is 19.1 Å². The van der Waals surface area contributed by atoms with Crippen molar-refractivity contribution in [2.75, 3.05) is 24.7 Å². The molecule has 19 nitrogen and oxygen atoms in total. The number of aromatic nitrogens is 7. The summed E-state index contributed by atoms with van der Waals surface area (Å²) >= 11 is 5.24. The Kier molecular flexibility index (Phi) is 7.34. The molecular formula is C21H24FN9O10P2S. The Hall–Kier alpha value is -2.94. The Labute approximate surface area is 250 Å². The highest BCUT2D eigenvalue weighted by molar-refractivity contribution is 8.07. The zero-order chi connectivity index (χ0) is 31.0. The molecule has 0 saturated carbocycles. The van der Waals surface area contributed by atoms with E-state index in [0.29, 0.717) is 16.7 Å². The predicted molar refractivity (Wildman–Crippen MR) is 150 cm³/mol. The van der Waals surface area contributed by atoms with Crippen molar-refractivity contribution in [1.82, 2.24) is 34.5 Å². The average molecular weight is 675 g/mol. The van der Waals surface area contributed by atoms with Gasteiger partial charge in [-0.15, -0.1) is 5.10 Å². The summed E-state index contributed by atoms with van der Waals surface area (Å²) < 4.78 is 65.0. The van der Waals surface area contributed by atoms with Crippen LogP contribution in [0, 0.1) is 0 Å². The number of fused-ring (bicyclic) bond motifs is 5. The molecule has 0 aromatic carbocycles. The second kappa shape index (κ2) is 10.8. The SMILES string of the molecule is Nc1nc2c(nnn2[C@@H]2O[C@@H]3COP(=O)(O)O[C@H]4[C@H](F)[C@H](n5ccc6c(N)ccnc65)O[C@@H]4COP(O)(=S)O[C@@H]2C3)c(=O)[nH]1. The second-order valence-corrected chi connectivity index (χ2v) is 14.4. The van der Waals surface area contributed by atoms with Gasteiger partial charge in [-0.1, -0.05) is 5.21 Å². The zero-order valence-electron chi connectivity index (χ0n) is 22.2. The quantitative estimate of drug-likeness (QED) is 0.180. The number of phosphoric acid groups is 1. The van der Waals surface area contributed by atoms with Crippen molar-refractivity contribution in [2.45, 2.75) is 49.5 Å². The number of hydrogen-bond acceptors (Lipinski definition) is 15. The summed E-state index contributed by atoms with van der Waals surface area (Å²) in [6.07, 6.45) is -6.88. The minimum atomic E-state index is -4.95. The van der Waals surface area contributed by atoms with Gasteiger partial charge in [0.05, 0.1) is 19.3 Å². The number of H-pyrrole nitrogens is 1. The molecule has 3 aliphatic heterocycles. The fraction of sp³-hybridized carbons (Fsp3) is 0.476. The van der Waals surface area contributed by atoms with E-state index in [1.54, 1.807) is 12.1 Å². The fourth-order valence-electron chi connectivity index (χ4n) is 5.35. The Balaban J connectivity index is 1.19. The van der Waals surface area contributed by atoms with Crippen LogP contribution in [0.4, 0.5) is 16.0 Å². The van der Waals surface area contributed by atoms with Crippen molar-refractivity contribution >= 4 is 60.2 Å². The van der Waals surface area contributed by atoms with Gasteiger partial charge in [-0.05, 0) is 23.9 Å². The first-order valence-electron chi connectivity index (χ1n) is 13.0. The van der Waals surface area contributed by atoms with Gasteiger partial charge in [0.15, 0.2) is 29.8 Å². The summed E-state index contributed by atoms with van der Waals surface area (Å²) in [6.45, 7) is -5.27. The summed E-state index contributed by atoms with van der Waals surface area (Å²) in [7, 11) is -4.95. The van der Waals surface area contributed by atoms with Crippen LogP contribution >= 0.6 is 14.5 Å². The number of halogens is 1. The topological polar surface area (TPSA) is 259 Å². The van der Waals surface area contributed by atoms with Gasteiger partial charge in [-0.2, -0.15) is 9.67 Å². The second-order valence-electron chi connectivity index (χ2n) is 10.2. The van der Waals surface area contributed by atoms with Crippen LogP contribution in [0.2, 0.25) is 0 Å². The first-order valence-corrected chi connectivity index (χ1v) is 17.1. The number of anilines is 2.